The molecule has 2 heterocycles. The molecule has 4 nitrogen and oxygen atoms in total. The van der Waals surface area contributed by atoms with Crippen LogP contribution in [0.5, 0.6) is 0 Å². The summed E-state index contributed by atoms with van der Waals surface area (Å²) in [6.07, 6.45) is 3.39. The number of nitrogen functional groups attached to an aromatic ring is 1. The number of rotatable bonds is 2. The van der Waals surface area contributed by atoms with E-state index in [1.165, 1.54) is 6.07 Å². The van der Waals surface area contributed by atoms with Crippen LogP contribution in [0.2, 0.25) is 0 Å². The third-order valence-electron chi connectivity index (χ3n) is 2.64. The van der Waals surface area contributed by atoms with Gasteiger partial charge in [0, 0.05) is 29.3 Å². The molecule has 2 aromatic heterocycles. The number of anilines is 1. The molecule has 2 rings (SSSR count). The summed E-state index contributed by atoms with van der Waals surface area (Å²) in [4.78, 5) is 15.8. The average molecular weight is 263 g/mol. The van der Waals surface area contributed by atoms with E-state index >= 15 is 0 Å². The molecule has 0 unspecified atom stereocenters. The molecule has 0 atom stereocenters. The van der Waals surface area contributed by atoms with Gasteiger partial charge in [-0.05, 0) is 0 Å². The SMILES string of the molecule is CC(C)(C)c1csc(Cn2ccc(=O)c(N)c2)n1. The Bertz CT molecular complexity index is 607. The third-order valence-corrected chi connectivity index (χ3v) is 3.48. The summed E-state index contributed by atoms with van der Waals surface area (Å²) in [5.41, 5.74) is 6.89. The van der Waals surface area contributed by atoms with Crippen LogP contribution in [0.1, 0.15) is 31.5 Å². The van der Waals surface area contributed by atoms with Gasteiger partial charge in [0.1, 0.15) is 5.01 Å². The summed E-state index contributed by atoms with van der Waals surface area (Å²) in [5, 5.41) is 3.10. The largest absolute Gasteiger partial charge is 0.394 e. The van der Waals surface area contributed by atoms with E-state index in [4.69, 9.17) is 5.73 Å². The molecule has 2 N–H and O–H groups in total. The van der Waals surface area contributed by atoms with Gasteiger partial charge in [0.2, 0.25) is 5.43 Å². The molecular formula is C13H17N3OS. The molecule has 0 aliphatic heterocycles. The van der Waals surface area contributed by atoms with Gasteiger partial charge < -0.3 is 10.3 Å². The lowest BCUT2D eigenvalue weighted by Crippen LogP contribution is -2.13. The molecule has 96 valence electrons. The van der Waals surface area contributed by atoms with Crippen molar-refractivity contribution < 1.29 is 0 Å². The number of nitrogens with two attached hydrogens (primary N) is 1. The number of thiazole rings is 1. The van der Waals surface area contributed by atoms with Gasteiger partial charge in [0.05, 0.1) is 17.9 Å². The zero-order valence-electron chi connectivity index (χ0n) is 10.8. The van der Waals surface area contributed by atoms with Crippen molar-refractivity contribution in [1.29, 1.82) is 0 Å². The van der Waals surface area contributed by atoms with E-state index in [0.29, 0.717) is 6.54 Å². The monoisotopic (exact) mass is 263 g/mol. The van der Waals surface area contributed by atoms with E-state index in [9.17, 15) is 4.79 Å². The van der Waals surface area contributed by atoms with Crippen molar-refractivity contribution in [3.8, 4) is 0 Å². The summed E-state index contributed by atoms with van der Waals surface area (Å²) in [6.45, 7) is 7.07. The minimum atomic E-state index is -0.138. The molecule has 0 aromatic carbocycles. The lowest BCUT2D eigenvalue weighted by molar-refractivity contribution is 0.569. The van der Waals surface area contributed by atoms with Crippen LogP contribution >= 0.6 is 11.3 Å². The maximum atomic E-state index is 11.2. The van der Waals surface area contributed by atoms with Crippen LogP contribution in [-0.2, 0) is 12.0 Å². The predicted octanol–water partition coefficient (Wildman–Crippen LogP) is 2.23. The second kappa shape index (κ2) is 4.57. The molecular weight excluding hydrogens is 246 g/mol. The fourth-order valence-corrected chi connectivity index (χ4v) is 2.56. The molecule has 0 saturated heterocycles. The number of nitrogens with zero attached hydrogens (tertiary/aromatic N) is 2. The van der Waals surface area contributed by atoms with Crippen molar-refractivity contribution >= 4 is 17.0 Å². The summed E-state index contributed by atoms with van der Waals surface area (Å²) in [7, 11) is 0. The Morgan fingerprint density at radius 2 is 2.17 bits per heavy atom. The van der Waals surface area contributed by atoms with E-state index < -0.39 is 0 Å². The number of hydrogen-bond acceptors (Lipinski definition) is 4. The van der Waals surface area contributed by atoms with E-state index in [-0.39, 0.29) is 16.5 Å². The Balaban J connectivity index is 2.21. The molecule has 0 fully saturated rings. The summed E-state index contributed by atoms with van der Waals surface area (Å²) in [5.74, 6) is 0. The molecule has 0 radical (unpaired) electrons. The van der Waals surface area contributed by atoms with Gasteiger partial charge in [-0.3, -0.25) is 4.79 Å². The number of hydrogen-bond donors (Lipinski definition) is 1. The summed E-state index contributed by atoms with van der Waals surface area (Å²) < 4.78 is 1.88. The van der Waals surface area contributed by atoms with Gasteiger partial charge >= 0.3 is 0 Å². The Morgan fingerprint density at radius 3 is 2.72 bits per heavy atom. The smallest absolute Gasteiger partial charge is 0.204 e. The van der Waals surface area contributed by atoms with Gasteiger partial charge in [-0.1, -0.05) is 20.8 Å². The van der Waals surface area contributed by atoms with Crippen LogP contribution < -0.4 is 11.2 Å². The van der Waals surface area contributed by atoms with Gasteiger partial charge in [0.25, 0.3) is 0 Å². The number of pyridine rings is 1. The first kappa shape index (κ1) is 12.8. The Kier molecular flexibility index (Phi) is 3.26. The maximum Gasteiger partial charge on any atom is 0.204 e. The van der Waals surface area contributed by atoms with Crippen molar-refractivity contribution in [2.24, 2.45) is 0 Å². The molecule has 2 aromatic rings. The van der Waals surface area contributed by atoms with Crippen LogP contribution in [0, 0.1) is 0 Å². The van der Waals surface area contributed by atoms with E-state index in [1.54, 1.807) is 23.7 Å². The minimum absolute atomic E-state index is 0.0668. The van der Waals surface area contributed by atoms with Crippen LogP contribution in [0.3, 0.4) is 0 Å². The Labute approximate surface area is 110 Å². The zero-order valence-corrected chi connectivity index (χ0v) is 11.6. The predicted molar refractivity (Wildman–Crippen MR) is 75.0 cm³/mol. The molecule has 0 amide bonds. The fourth-order valence-electron chi connectivity index (χ4n) is 1.53. The van der Waals surface area contributed by atoms with Gasteiger partial charge in [-0.15, -0.1) is 11.3 Å². The first-order valence-corrected chi connectivity index (χ1v) is 6.65. The molecule has 0 spiro atoms. The first-order chi connectivity index (χ1) is 8.36. The Morgan fingerprint density at radius 1 is 1.44 bits per heavy atom. The molecule has 0 aliphatic rings. The van der Waals surface area contributed by atoms with Crippen LogP contribution in [-0.4, -0.2) is 9.55 Å². The Hall–Kier alpha value is -1.62. The highest BCUT2D eigenvalue weighted by Crippen LogP contribution is 2.24. The average Bonchev–Trinajstić information content (AvgIpc) is 2.72. The van der Waals surface area contributed by atoms with Crippen LogP contribution in [0.25, 0.3) is 0 Å². The quantitative estimate of drug-likeness (QED) is 0.903. The second-order valence-electron chi connectivity index (χ2n) is 5.31. The topological polar surface area (TPSA) is 60.9 Å². The second-order valence-corrected chi connectivity index (χ2v) is 6.26. The molecule has 0 aliphatic carbocycles. The van der Waals surface area contributed by atoms with Crippen molar-refractivity contribution in [2.45, 2.75) is 32.7 Å². The van der Waals surface area contributed by atoms with Crippen molar-refractivity contribution in [2.75, 3.05) is 5.73 Å². The fraction of sp³-hybridized carbons (Fsp3) is 0.385. The van der Waals surface area contributed by atoms with Gasteiger partial charge in [-0.2, -0.15) is 0 Å². The van der Waals surface area contributed by atoms with E-state index in [1.807, 2.05) is 4.57 Å². The summed E-state index contributed by atoms with van der Waals surface area (Å²) >= 11 is 1.63. The minimum Gasteiger partial charge on any atom is -0.394 e. The lowest BCUT2D eigenvalue weighted by atomic mass is 9.93. The summed E-state index contributed by atoms with van der Waals surface area (Å²) in [6, 6.07) is 1.48. The van der Waals surface area contributed by atoms with Crippen LogP contribution in [0.4, 0.5) is 5.69 Å². The molecule has 0 bridgehead atoms. The standard InChI is InChI=1S/C13H17N3OS/c1-13(2,3)11-8-18-12(15-11)7-16-5-4-10(17)9(14)6-16/h4-6,8H,7,14H2,1-3H3. The van der Waals surface area contributed by atoms with Gasteiger partial charge in [-0.25, -0.2) is 4.98 Å². The third kappa shape index (κ3) is 2.79. The normalized spacial score (nSPS) is 11.7. The maximum absolute atomic E-state index is 11.2. The van der Waals surface area contributed by atoms with Crippen molar-refractivity contribution in [3.63, 3.8) is 0 Å². The zero-order chi connectivity index (χ0) is 13.3. The highest BCUT2D eigenvalue weighted by atomic mass is 32.1. The van der Waals surface area contributed by atoms with Crippen molar-refractivity contribution in [3.05, 3.63) is 44.8 Å². The lowest BCUT2D eigenvalue weighted by Gasteiger charge is -2.14. The number of aromatic nitrogens is 2. The van der Waals surface area contributed by atoms with E-state index in [0.717, 1.165) is 10.7 Å². The van der Waals surface area contributed by atoms with E-state index in [2.05, 4.69) is 31.1 Å². The highest BCUT2D eigenvalue weighted by molar-refractivity contribution is 7.09. The first-order valence-electron chi connectivity index (χ1n) is 5.77. The molecule has 5 heteroatoms. The molecule has 0 saturated carbocycles. The molecule has 18 heavy (non-hydrogen) atoms. The highest BCUT2D eigenvalue weighted by Gasteiger charge is 2.17. The van der Waals surface area contributed by atoms with Gasteiger partial charge in [0.15, 0.2) is 0 Å². The van der Waals surface area contributed by atoms with Crippen molar-refractivity contribution in [1.82, 2.24) is 9.55 Å². The van der Waals surface area contributed by atoms with Crippen LogP contribution in [0.15, 0.2) is 28.6 Å².